The molecule has 98 valence electrons. The predicted molar refractivity (Wildman–Crippen MR) is 69.7 cm³/mol. The molecule has 0 aromatic heterocycles. The molecule has 5 nitrogen and oxygen atoms in total. The first kappa shape index (κ1) is 13.8. The third kappa shape index (κ3) is 4.24. The molecule has 1 atom stereocenters. The summed E-state index contributed by atoms with van der Waals surface area (Å²) >= 11 is 0. The number of carbonyl (C=O) groups is 1. The third-order valence-corrected chi connectivity index (χ3v) is 2.81. The summed E-state index contributed by atoms with van der Waals surface area (Å²) < 4.78 is 0. The van der Waals surface area contributed by atoms with E-state index in [9.17, 15) is 4.79 Å². The van der Waals surface area contributed by atoms with Gasteiger partial charge in [0.15, 0.2) is 5.96 Å². The molecule has 0 aromatic carbocycles. The van der Waals surface area contributed by atoms with E-state index in [4.69, 9.17) is 5.73 Å². The molecule has 3 N–H and O–H groups in total. The number of hydrogen-bond acceptors (Lipinski definition) is 2. The highest BCUT2D eigenvalue weighted by atomic mass is 16.1. The van der Waals surface area contributed by atoms with Crippen molar-refractivity contribution in [2.45, 2.75) is 39.2 Å². The normalized spacial score (nSPS) is 22.5. The second-order valence-corrected chi connectivity index (χ2v) is 5.54. The van der Waals surface area contributed by atoms with Crippen LogP contribution in [0.15, 0.2) is 4.99 Å². The Bertz CT molecular complexity index is 306. The van der Waals surface area contributed by atoms with Gasteiger partial charge in [0.1, 0.15) is 0 Å². The predicted octanol–water partition coefficient (Wildman–Crippen LogP) is 0.558. The number of aliphatic imine (C=N–C) groups is 1. The Morgan fingerprint density at radius 3 is 2.65 bits per heavy atom. The molecular formula is C12H24N4O. The van der Waals surface area contributed by atoms with E-state index in [1.54, 1.807) is 7.05 Å². The van der Waals surface area contributed by atoms with Crippen molar-refractivity contribution in [1.82, 2.24) is 10.2 Å². The molecule has 0 saturated carbocycles. The summed E-state index contributed by atoms with van der Waals surface area (Å²) in [7, 11) is 1.67. The Morgan fingerprint density at radius 1 is 1.47 bits per heavy atom. The van der Waals surface area contributed by atoms with E-state index >= 15 is 0 Å². The molecule has 1 fully saturated rings. The van der Waals surface area contributed by atoms with Gasteiger partial charge in [-0.25, -0.2) is 4.99 Å². The van der Waals surface area contributed by atoms with Crippen molar-refractivity contribution < 1.29 is 4.79 Å². The smallest absolute Gasteiger partial charge is 0.224 e. The van der Waals surface area contributed by atoms with Crippen LogP contribution in [0, 0.1) is 5.92 Å². The molecule has 1 unspecified atom stereocenters. The van der Waals surface area contributed by atoms with Crippen molar-refractivity contribution in [3.63, 3.8) is 0 Å². The van der Waals surface area contributed by atoms with Gasteiger partial charge in [0.25, 0.3) is 0 Å². The van der Waals surface area contributed by atoms with Crippen molar-refractivity contribution in [2.24, 2.45) is 16.6 Å². The van der Waals surface area contributed by atoms with Gasteiger partial charge in [-0.3, -0.25) is 4.79 Å². The molecule has 1 aliphatic rings. The molecule has 5 heteroatoms. The molecule has 0 spiro atoms. The number of carbonyl (C=O) groups excluding carboxylic acids is 1. The molecule has 0 aromatic rings. The van der Waals surface area contributed by atoms with E-state index in [0.29, 0.717) is 12.5 Å². The van der Waals surface area contributed by atoms with Gasteiger partial charge < -0.3 is 16.0 Å². The molecule has 1 saturated heterocycles. The lowest BCUT2D eigenvalue weighted by Gasteiger charge is -2.33. The van der Waals surface area contributed by atoms with Gasteiger partial charge in [-0.05, 0) is 33.6 Å². The minimum atomic E-state index is -0.177. The molecule has 1 amide bonds. The number of piperidine rings is 1. The monoisotopic (exact) mass is 240 g/mol. The van der Waals surface area contributed by atoms with Gasteiger partial charge in [0.2, 0.25) is 5.91 Å². The number of rotatable bonds is 1. The van der Waals surface area contributed by atoms with Crippen LogP contribution in [0.1, 0.15) is 33.6 Å². The Labute approximate surface area is 103 Å². The van der Waals surface area contributed by atoms with E-state index in [-0.39, 0.29) is 17.4 Å². The average molecular weight is 240 g/mol. The summed E-state index contributed by atoms with van der Waals surface area (Å²) in [5, 5.41) is 2.70. The number of nitrogens with zero attached hydrogens (tertiary/aromatic N) is 2. The maximum Gasteiger partial charge on any atom is 0.224 e. The first-order chi connectivity index (χ1) is 7.83. The molecule has 0 aliphatic carbocycles. The van der Waals surface area contributed by atoms with Gasteiger partial charge in [-0.2, -0.15) is 0 Å². The minimum absolute atomic E-state index is 0.0301. The number of guanidine groups is 1. The van der Waals surface area contributed by atoms with E-state index in [2.05, 4.69) is 10.3 Å². The second-order valence-electron chi connectivity index (χ2n) is 5.54. The molecule has 0 radical (unpaired) electrons. The van der Waals surface area contributed by atoms with Crippen molar-refractivity contribution in [2.75, 3.05) is 20.1 Å². The number of likely N-dealkylation sites (tertiary alicyclic amines) is 1. The highest BCUT2D eigenvalue weighted by molar-refractivity contribution is 5.82. The lowest BCUT2D eigenvalue weighted by Crippen LogP contribution is -2.48. The van der Waals surface area contributed by atoms with Gasteiger partial charge in [-0.15, -0.1) is 0 Å². The first-order valence-electron chi connectivity index (χ1n) is 6.15. The van der Waals surface area contributed by atoms with Gasteiger partial charge in [0, 0.05) is 20.1 Å². The van der Waals surface area contributed by atoms with Crippen molar-refractivity contribution >= 4 is 11.9 Å². The first-order valence-corrected chi connectivity index (χ1v) is 6.15. The topological polar surface area (TPSA) is 70.7 Å². The maximum atomic E-state index is 11.6. The fourth-order valence-corrected chi connectivity index (χ4v) is 2.02. The fourth-order valence-electron chi connectivity index (χ4n) is 2.02. The van der Waals surface area contributed by atoms with Crippen molar-refractivity contribution in [3.8, 4) is 0 Å². The number of hydrogen-bond donors (Lipinski definition) is 2. The molecule has 1 rings (SSSR count). The Morgan fingerprint density at radius 2 is 2.12 bits per heavy atom. The molecule has 1 heterocycles. The number of amides is 1. The van der Waals surface area contributed by atoms with Crippen LogP contribution in [-0.2, 0) is 4.79 Å². The molecular weight excluding hydrogens is 216 g/mol. The van der Waals surface area contributed by atoms with Gasteiger partial charge in [0.05, 0.1) is 11.5 Å². The number of nitrogens with one attached hydrogen (secondary N) is 1. The van der Waals surface area contributed by atoms with Crippen LogP contribution in [0.4, 0.5) is 0 Å². The summed E-state index contributed by atoms with van der Waals surface area (Å²) in [5.74, 6) is 0.673. The zero-order chi connectivity index (χ0) is 13.1. The van der Waals surface area contributed by atoms with E-state index < -0.39 is 0 Å². The Kier molecular flexibility index (Phi) is 4.37. The quantitative estimate of drug-likeness (QED) is 0.519. The van der Waals surface area contributed by atoms with E-state index in [1.165, 1.54) is 0 Å². The van der Waals surface area contributed by atoms with E-state index in [0.717, 1.165) is 19.4 Å². The average Bonchev–Trinajstić information content (AvgIpc) is 2.26. The summed E-state index contributed by atoms with van der Waals surface area (Å²) in [6.45, 7) is 7.60. The lowest BCUT2D eigenvalue weighted by molar-refractivity contribution is -0.125. The molecule has 17 heavy (non-hydrogen) atoms. The maximum absolute atomic E-state index is 11.6. The Hall–Kier alpha value is -1.26. The highest BCUT2D eigenvalue weighted by Crippen LogP contribution is 2.17. The van der Waals surface area contributed by atoms with E-state index in [1.807, 2.05) is 25.7 Å². The summed E-state index contributed by atoms with van der Waals surface area (Å²) in [4.78, 5) is 18.1. The second kappa shape index (κ2) is 5.38. The van der Waals surface area contributed by atoms with Crippen LogP contribution in [0.5, 0.6) is 0 Å². The van der Waals surface area contributed by atoms with Crippen molar-refractivity contribution in [1.29, 1.82) is 0 Å². The van der Waals surface area contributed by atoms with Crippen LogP contribution in [-0.4, -0.2) is 42.4 Å². The summed E-state index contributed by atoms with van der Waals surface area (Å²) in [5.41, 5.74) is 5.81. The summed E-state index contributed by atoms with van der Waals surface area (Å²) in [6, 6.07) is 0. The zero-order valence-corrected chi connectivity index (χ0v) is 11.3. The molecule has 0 bridgehead atoms. The largest absolute Gasteiger partial charge is 0.370 e. The fraction of sp³-hybridized carbons (Fsp3) is 0.833. The van der Waals surface area contributed by atoms with Crippen LogP contribution in [0.3, 0.4) is 0 Å². The van der Waals surface area contributed by atoms with Crippen LogP contribution < -0.4 is 11.1 Å². The van der Waals surface area contributed by atoms with Crippen LogP contribution >= 0.6 is 0 Å². The molecule has 1 aliphatic heterocycles. The standard InChI is InChI=1S/C12H24N4O/c1-12(2,3)15-11(13)16-7-5-6-9(8-16)10(17)14-4/h9H,5-8H2,1-4H3,(H2,13,15)(H,14,17). The number of nitrogens with two attached hydrogens (primary N) is 1. The Balaban J connectivity index is 2.67. The van der Waals surface area contributed by atoms with Crippen molar-refractivity contribution in [3.05, 3.63) is 0 Å². The third-order valence-electron chi connectivity index (χ3n) is 2.81. The van der Waals surface area contributed by atoms with Crippen LogP contribution in [0.2, 0.25) is 0 Å². The van der Waals surface area contributed by atoms with Crippen LogP contribution in [0.25, 0.3) is 0 Å². The minimum Gasteiger partial charge on any atom is -0.370 e. The SMILES string of the molecule is CNC(=O)C1CCCN(C(N)=NC(C)(C)C)C1. The highest BCUT2D eigenvalue weighted by Gasteiger charge is 2.26. The summed E-state index contributed by atoms with van der Waals surface area (Å²) in [6.07, 6.45) is 1.91. The lowest BCUT2D eigenvalue weighted by atomic mass is 9.97. The zero-order valence-electron chi connectivity index (χ0n) is 11.3. The van der Waals surface area contributed by atoms with Gasteiger partial charge >= 0.3 is 0 Å². The van der Waals surface area contributed by atoms with Gasteiger partial charge in [-0.1, -0.05) is 0 Å².